The van der Waals surface area contributed by atoms with Gasteiger partial charge in [-0.3, -0.25) is 14.4 Å². The number of piperazine rings is 1. The standard InChI is InChI=1S/C38H43N3O5/c1-7-37(5,6)34-28(26-10-8-9-11-30(26)39-34)19-31-35(45)41-38(36(46)40-31)20-23(4)13-15-25(38)16-17-27-29(21-42)33(44)24(18-32(27)43)14-12-22(2)3/h7-13,15,18-19,21,23,25,39,43-44H,1,14,16-17,20H2,2-6H3,(H,40,46)(H,41,45)/b31-19-/t23-,25-,38-/m1/s1. The van der Waals surface area contributed by atoms with E-state index in [4.69, 9.17) is 0 Å². The van der Waals surface area contributed by atoms with E-state index in [-0.39, 0.29) is 41.0 Å². The predicted molar refractivity (Wildman–Crippen MR) is 182 cm³/mol. The van der Waals surface area contributed by atoms with Gasteiger partial charge in [-0.25, -0.2) is 0 Å². The number of H-pyrrole nitrogens is 1. The predicted octanol–water partition coefficient (Wildman–Crippen LogP) is 6.53. The van der Waals surface area contributed by atoms with Gasteiger partial charge in [0.15, 0.2) is 6.29 Å². The molecule has 5 rings (SSSR count). The molecule has 3 aromatic rings. The second-order valence-corrected chi connectivity index (χ2v) is 13.4. The molecule has 2 aliphatic rings. The van der Waals surface area contributed by atoms with Gasteiger partial charge < -0.3 is 25.8 Å². The van der Waals surface area contributed by atoms with E-state index in [1.165, 1.54) is 6.07 Å². The average Bonchev–Trinajstić information content (AvgIpc) is 3.39. The Hall–Kier alpha value is -4.85. The zero-order valence-electron chi connectivity index (χ0n) is 27.2. The maximum absolute atomic E-state index is 14.1. The number of aldehydes is 1. The van der Waals surface area contributed by atoms with Crippen molar-refractivity contribution in [2.45, 2.75) is 71.3 Å². The van der Waals surface area contributed by atoms with Crippen LogP contribution in [0.2, 0.25) is 0 Å². The van der Waals surface area contributed by atoms with Crippen molar-refractivity contribution < 1.29 is 24.6 Å². The van der Waals surface area contributed by atoms with Gasteiger partial charge in [-0.1, -0.05) is 68.8 Å². The van der Waals surface area contributed by atoms with E-state index >= 15 is 0 Å². The number of rotatable bonds is 9. The van der Waals surface area contributed by atoms with Gasteiger partial charge in [0.2, 0.25) is 0 Å². The van der Waals surface area contributed by atoms with E-state index in [1.54, 1.807) is 6.08 Å². The lowest BCUT2D eigenvalue weighted by atomic mass is 9.69. The first-order valence-corrected chi connectivity index (χ1v) is 15.7. The fourth-order valence-corrected chi connectivity index (χ4v) is 6.68. The Morgan fingerprint density at radius 1 is 1.13 bits per heavy atom. The lowest BCUT2D eigenvalue weighted by molar-refractivity contribution is -0.138. The second kappa shape index (κ2) is 12.5. The average molecular weight is 622 g/mol. The molecule has 3 atom stereocenters. The smallest absolute Gasteiger partial charge is 0.268 e. The Bertz CT molecular complexity index is 1820. The highest BCUT2D eigenvalue weighted by molar-refractivity contribution is 6.10. The first kappa shape index (κ1) is 32.5. The SMILES string of the molecule is C=CC(C)(C)c1[nH]c2ccccc2c1/C=C1\NC(=O)[C@]2(C[C@H](C)C=C[C@@H]2CCc2c(O)cc(CC=C(C)C)c(O)c2C=O)NC1=O. The third-order valence-electron chi connectivity index (χ3n) is 9.43. The summed E-state index contributed by atoms with van der Waals surface area (Å²) in [5, 5.41) is 28.7. The number of hydrogen-bond acceptors (Lipinski definition) is 5. The fourth-order valence-electron chi connectivity index (χ4n) is 6.68. The van der Waals surface area contributed by atoms with Crippen LogP contribution in [0.3, 0.4) is 0 Å². The summed E-state index contributed by atoms with van der Waals surface area (Å²) < 4.78 is 0. The summed E-state index contributed by atoms with van der Waals surface area (Å²) in [6.07, 6.45) is 11.3. The topological polar surface area (TPSA) is 132 Å². The Morgan fingerprint density at radius 3 is 2.57 bits per heavy atom. The first-order valence-electron chi connectivity index (χ1n) is 15.7. The number of fused-ring (bicyclic) bond motifs is 1. The van der Waals surface area contributed by atoms with Crippen LogP contribution in [0.25, 0.3) is 17.0 Å². The summed E-state index contributed by atoms with van der Waals surface area (Å²) in [5.74, 6) is -1.35. The molecule has 240 valence electrons. The van der Waals surface area contributed by atoms with Crippen LogP contribution in [-0.2, 0) is 27.8 Å². The summed E-state index contributed by atoms with van der Waals surface area (Å²) in [7, 11) is 0. The highest BCUT2D eigenvalue weighted by Crippen LogP contribution is 2.41. The van der Waals surface area contributed by atoms with Gasteiger partial charge in [-0.05, 0) is 63.7 Å². The van der Waals surface area contributed by atoms with E-state index in [1.807, 2.05) is 83.2 Å². The van der Waals surface area contributed by atoms with Crippen LogP contribution in [0, 0.1) is 11.8 Å². The molecule has 0 bridgehead atoms. The highest BCUT2D eigenvalue weighted by atomic mass is 16.3. The molecule has 46 heavy (non-hydrogen) atoms. The zero-order valence-corrected chi connectivity index (χ0v) is 27.2. The number of allylic oxidation sites excluding steroid dienone is 4. The number of nitrogens with one attached hydrogen (secondary N) is 3. The lowest BCUT2D eigenvalue weighted by Gasteiger charge is -2.45. The number of benzene rings is 2. The summed E-state index contributed by atoms with van der Waals surface area (Å²) >= 11 is 0. The van der Waals surface area contributed by atoms with Crippen LogP contribution in [-0.4, -0.2) is 38.8 Å². The molecule has 2 amide bonds. The van der Waals surface area contributed by atoms with Gasteiger partial charge in [-0.15, -0.1) is 6.58 Å². The van der Waals surface area contributed by atoms with Crippen LogP contribution in [0.15, 0.2) is 72.5 Å². The minimum atomic E-state index is -1.23. The van der Waals surface area contributed by atoms with Crippen LogP contribution in [0.5, 0.6) is 11.5 Å². The molecular formula is C38H43N3O5. The minimum absolute atomic E-state index is 0.0267. The first-order chi connectivity index (χ1) is 21.8. The van der Waals surface area contributed by atoms with Gasteiger partial charge in [0.25, 0.3) is 11.8 Å². The van der Waals surface area contributed by atoms with Crippen molar-refractivity contribution in [3.05, 3.63) is 100 Å². The van der Waals surface area contributed by atoms with Crippen molar-refractivity contribution >= 4 is 35.1 Å². The second-order valence-electron chi connectivity index (χ2n) is 13.4. The van der Waals surface area contributed by atoms with Crippen molar-refractivity contribution in [3.8, 4) is 11.5 Å². The third kappa shape index (κ3) is 5.91. The quantitative estimate of drug-likeness (QED) is 0.0802. The lowest BCUT2D eigenvalue weighted by Crippen LogP contribution is -2.68. The summed E-state index contributed by atoms with van der Waals surface area (Å²) in [6.45, 7) is 13.9. The molecule has 0 unspecified atom stereocenters. The van der Waals surface area contributed by atoms with E-state index in [0.717, 1.165) is 27.7 Å². The number of aromatic nitrogens is 1. The largest absolute Gasteiger partial charge is 0.508 e. The normalized spacial score (nSPS) is 22.2. The molecule has 2 heterocycles. The molecule has 1 aliphatic carbocycles. The highest BCUT2D eigenvalue weighted by Gasteiger charge is 2.51. The number of hydrogen-bond donors (Lipinski definition) is 5. The van der Waals surface area contributed by atoms with E-state index < -0.39 is 22.8 Å². The zero-order chi connectivity index (χ0) is 33.4. The van der Waals surface area contributed by atoms with Gasteiger partial charge in [0.1, 0.15) is 22.7 Å². The maximum atomic E-state index is 14.1. The number of carbonyl (C=O) groups excluding carboxylic acids is 3. The van der Waals surface area contributed by atoms with Crippen LogP contribution < -0.4 is 10.6 Å². The Morgan fingerprint density at radius 2 is 1.87 bits per heavy atom. The van der Waals surface area contributed by atoms with Gasteiger partial charge in [0, 0.05) is 44.6 Å². The minimum Gasteiger partial charge on any atom is -0.508 e. The van der Waals surface area contributed by atoms with Crippen molar-refractivity contribution in [2.24, 2.45) is 11.8 Å². The fraction of sp³-hybridized carbons (Fsp3) is 0.342. The summed E-state index contributed by atoms with van der Waals surface area (Å²) in [6, 6.07) is 9.31. The molecule has 2 aromatic carbocycles. The number of aromatic amines is 1. The van der Waals surface area contributed by atoms with E-state index in [2.05, 4.69) is 22.2 Å². The van der Waals surface area contributed by atoms with Crippen molar-refractivity contribution in [1.82, 2.24) is 15.6 Å². The molecular weight excluding hydrogens is 578 g/mol. The molecule has 1 aliphatic heterocycles. The number of phenols is 2. The number of aromatic hydroxyl groups is 2. The number of amides is 2. The number of carbonyl (C=O) groups is 3. The molecule has 0 radical (unpaired) electrons. The van der Waals surface area contributed by atoms with E-state index in [0.29, 0.717) is 36.7 Å². The molecule has 1 aromatic heterocycles. The number of para-hydroxylation sites is 1. The van der Waals surface area contributed by atoms with Gasteiger partial charge in [0.05, 0.1) is 5.56 Å². The molecule has 8 nitrogen and oxygen atoms in total. The Kier molecular flexibility index (Phi) is 8.85. The molecule has 1 saturated heterocycles. The van der Waals surface area contributed by atoms with Crippen LogP contribution in [0.4, 0.5) is 0 Å². The van der Waals surface area contributed by atoms with Crippen molar-refractivity contribution in [3.63, 3.8) is 0 Å². The summed E-state index contributed by atoms with van der Waals surface area (Å²) in [5.41, 5.74) is 2.96. The molecule has 1 fully saturated rings. The monoisotopic (exact) mass is 621 g/mol. The third-order valence-corrected chi connectivity index (χ3v) is 9.43. The van der Waals surface area contributed by atoms with Crippen LogP contribution in [0.1, 0.15) is 80.2 Å². The molecule has 1 spiro atoms. The van der Waals surface area contributed by atoms with Crippen molar-refractivity contribution in [1.29, 1.82) is 0 Å². The number of phenolic OH excluding ortho intramolecular Hbond substituents is 2. The van der Waals surface area contributed by atoms with Gasteiger partial charge in [-0.2, -0.15) is 0 Å². The summed E-state index contributed by atoms with van der Waals surface area (Å²) in [4.78, 5) is 43.4. The molecule has 5 N–H and O–H groups in total. The molecule has 0 saturated carbocycles. The van der Waals surface area contributed by atoms with Crippen molar-refractivity contribution in [2.75, 3.05) is 0 Å². The van der Waals surface area contributed by atoms with E-state index in [9.17, 15) is 24.6 Å². The Balaban J connectivity index is 1.46. The van der Waals surface area contributed by atoms with Crippen LogP contribution >= 0.6 is 0 Å². The maximum Gasteiger partial charge on any atom is 0.268 e. The Labute approximate surface area is 270 Å². The molecule has 8 heteroatoms. The van der Waals surface area contributed by atoms with Gasteiger partial charge >= 0.3 is 0 Å².